The van der Waals surface area contributed by atoms with Gasteiger partial charge in [0.15, 0.2) is 5.57 Å². The van der Waals surface area contributed by atoms with E-state index in [0.29, 0.717) is 16.5 Å². The lowest BCUT2D eigenvalue weighted by Gasteiger charge is -2.14. The Hall–Kier alpha value is -3.34. The lowest BCUT2D eigenvalue weighted by atomic mass is 9.94. The molecule has 2 aromatic rings. The minimum Gasteiger partial charge on any atom is -0.266 e. The second kappa shape index (κ2) is 10.3. The number of anilines is 1. The average Bonchev–Trinajstić information content (AvgIpc) is 3.10. The smallest absolute Gasteiger partial charge is 0.266 e. The van der Waals surface area contributed by atoms with Gasteiger partial charge in [-0.3, -0.25) is 15.0 Å². The van der Waals surface area contributed by atoms with Crippen molar-refractivity contribution in [3.8, 4) is 0 Å². The van der Waals surface area contributed by atoms with Gasteiger partial charge in [-0.05, 0) is 65.4 Å². The molecule has 1 saturated heterocycles. The third-order valence-electron chi connectivity index (χ3n) is 5.39. The van der Waals surface area contributed by atoms with E-state index in [1.807, 2.05) is 19.1 Å². The van der Waals surface area contributed by atoms with Crippen LogP contribution in [0.15, 0.2) is 65.3 Å². The van der Waals surface area contributed by atoms with E-state index in [2.05, 4.69) is 43.7 Å². The van der Waals surface area contributed by atoms with Crippen LogP contribution in [-0.2, 0) is 9.59 Å². The highest BCUT2D eigenvalue weighted by molar-refractivity contribution is 7.94. The van der Waals surface area contributed by atoms with Gasteiger partial charge in [0, 0.05) is 4.90 Å². The minimum absolute atomic E-state index is 0.0961. The number of rotatable bonds is 7. The molecule has 0 aromatic heterocycles. The number of halogens is 1. The molecule has 0 radical (unpaired) electrons. The molecule has 1 fully saturated rings. The van der Waals surface area contributed by atoms with E-state index in [1.165, 1.54) is 12.1 Å². The molecule has 1 unspecified atom stereocenters. The Bertz CT molecular complexity index is 1150. The second-order valence-electron chi connectivity index (χ2n) is 7.56. The Morgan fingerprint density at radius 1 is 1.19 bits per heavy atom. The maximum Gasteiger partial charge on any atom is 0.290 e. The predicted octanol–water partition coefficient (Wildman–Crippen LogP) is 6.29. The molecule has 0 bridgehead atoms. The van der Waals surface area contributed by atoms with Crippen molar-refractivity contribution in [2.24, 2.45) is 5.92 Å². The Labute approximate surface area is 192 Å². The van der Waals surface area contributed by atoms with E-state index in [9.17, 15) is 13.5 Å². The van der Waals surface area contributed by atoms with Gasteiger partial charge >= 0.3 is 0 Å². The fourth-order valence-electron chi connectivity index (χ4n) is 3.26. The first-order chi connectivity index (χ1) is 15.4. The fraction of sp³-hybridized carbons (Fsp3) is 0.192. The summed E-state index contributed by atoms with van der Waals surface area (Å²) < 4.78 is 12.7. The summed E-state index contributed by atoms with van der Waals surface area (Å²) in [5.41, 5.74) is 9.63. The van der Waals surface area contributed by atoms with Gasteiger partial charge in [-0.2, -0.15) is 3.89 Å². The summed E-state index contributed by atoms with van der Waals surface area (Å²) in [4.78, 5) is 25.6. The molecule has 0 saturated carbocycles. The van der Waals surface area contributed by atoms with Gasteiger partial charge in [0.25, 0.3) is 11.8 Å². The summed E-state index contributed by atoms with van der Waals surface area (Å²) in [7, 11) is 0. The molecule has 0 spiro atoms. The van der Waals surface area contributed by atoms with Crippen LogP contribution in [0.4, 0.5) is 9.57 Å². The molecule has 4 nitrogen and oxygen atoms in total. The molecule has 2 amide bonds. The first kappa shape index (κ1) is 23.3. The van der Waals surface area contributed by atoms with Crippen LogP contribution in [0.5, 0.6) is 0 Å². The normalized spacial score (nSPS) is 14.5. The lowest BCUT2D eigenvalue weighted by molar-refractivity contribution is -0.117. The predicted molar refractivity (Wildman–Crippen MR) is 130 cm³/mol. The molecule has 1 heterocycles. The monoisotopic (exact) mass is 448 g/mol. The highest BCUT2D eigenvalue weighted by Crippen LogP contribution is 2.26. The van der Waals surface area contributed by atoms with Gasteiger partial charge in [0.1, 0.15) is 0 Å². The maximum atomic E-state index is 12.8. The van der Waals surface area contributed by atoms with Crippen molar-refractivity contribution in [2.75, 3.05) is 5.01 Å². The number of allylic oxidation sites excluding steroid dienone is 1. The second-order valence-corrected chi connectivity index (χ2v) is 8.19. The van der Waals surface area contributed by atoms with E-state index in [4.69, 9.17) is 0 Å². The van der Waals surface area contributed by atoms with Crippen LogP contribution >= 0.6 is 12.1 Å². The van der Waals surface area contributed by atoms with Crippen LogP contribution in [0.3, 0.4) is 0 Å². The number of aryl methyl sites for hydroxylation is 1. The minimum atomic E-state index is -0.542. The molecule has 1 atom stereocenters. The number of hydrazine groups is 1. The molecule has 1 aliphatic heterocycles. The van der Waals surface area contributed by atoms with Crippen LogP contribution in [0.25, 0.3) is 18.2 Å². The number of hydrogen-bond donors (Lipinski definition) is 1. The Balaban J connectivity index is 1.97. The number of amides is 2. The summed E-state index contributed by atoms with van der Waals surface area (Å²) in [5, 5.41) is 1.13. The molecule has 1 N–H and O–H groups in total. The van der Waals surface area contributed by atoms with Crippen LogP contribution in [0.2, 0.25) is 0 Å². The number of nitrogens with one attached hydrogen (secondary N) is 1. The van der Waals surface area contributed by atoms with Gasteiger partial charge in [-0.25, -0.2) is 5.01 Å². The average molecular weight is 449 g/mol. The number of carbonyl (C=O) groups excluding carboxylic acids is 2. The van der Waals surface area contributed by atoms with E-state index in [-0.39, 0.29) is 17.7 Å². The van der Waals surface area contributed by atoms with Crippen molar-refractivity contribution in [2.45, 2.75) is 32.1 Å². The third-order valence-corrected chi connectivity index (χ3v) is 5.84. The first-order valence-electron chi connectivity index (χ1n) is 10.3. The lowest BCUT2D eigenvalue weighted by Crippen LogP contribution is -2.35. The number of carbonyl (C=O) groups is 2. The zero-order chi connectivity index (χ0) is 23.3. The van der Waals surface area contributed by atoms with Crippen molar-refractivity contribution < 1.29 is 13.5 Å². The van der Waals surface area contributed by atoms with Gasteiger partial charge in [-0.15, -0.1) is 5.73 Å². The number of hydrogen-bond acceptors (Lipinski definition) is 3. The highest BCUT2D eigenvalue weighted by Gasteiger charge is 2.34. The SMILES string of the molecule is C=Cc1c(C=C=C2C(=O)NN(c3ccc(SF)cc3)C2=O)ccc(C)c1/C=C\C(C)CC. The van der Waals surface area contributed by atoms with Crippen molar-refractivity contribution in [3.63, 3.8) is 0 Å². The molecule has 3 rings (SSSR count). The van der Waals surface area contributed by atoms with Gasteiger partial charge in [0.2, 0.25) is 0 Å². The van der Waals surface area contributed by atoms with Gasteiger partial charge in [-0.1, -0.05) is 57.2 Å². The van der Waals surface area contributed by atoms with Crippen LogP contribution in [-0.4, -0.2) is 11.8 Å². The van der Waals surface area contributed by atoms with Crippen molar-refractivity contribution in [1.29, 1.82) is 0 Å². The highest BCUT2D eigenvalue weighted by atomic mass is 32.2. The quantitative estimate of drug-likeness (QED) is 0.308. The van der Waals surface area contributed by atoms with E-state index >= 15 is 0 Å². The molecule has 6 heteroatoms. The van der Waals surface area contributed by atoms with Crippen molar-refractivity contribution in [1.82, 2.24) is 5.43 Å². The van der Waals surface area contributed by atoms with E-state index in [1.54, 1.807) is 24.3 Å². The largest absolute Gasteiger partial charge is 0.290 e. The standard InChI is InChI=1S/C26H25FN2O2S/c1-5-17(3)7-15-23-18(4)8-9-19(22(23)6-2)10-16-24-25(30)28-29(26(24)31)20-11-13-21(32-27)14-12-20/h6-15,17H,2,5H2,1,3-4H3,(H,28,30)/b15-7-. The molecule has 1 aliphatic rings. The number of nitrogens with zero attached hydrogens (tertiary/aromatic N) is 1. The molecule has 164 valence electrons. The van der Waals surface area contributed by atoms with E-state index in [0.717, 1.165) is 33.7 Å². The molecular formula is C26H25FN2O2S. The Morgan fingerprint density at radius 2 is 1.91 bits per heavy atom. The van der Waals surface area contributed by atoms with Crippen LogP contribution in [0.1, 0.15) is 42.5 Å². The van der Waals surface area contributed by atoms with Gasteiger partial charge < -0.3 is 0 Å². The van der Waals surface area contributed by atoms with E-state index < -0.39 is 11.8 Å². The fourth-order valence-corrected chi connectivity index (χ4v) is 3.50. The topological polar surface area (TPSA) is 49.4 Å². The molecule has 0 aliphatic carbocycles. The molecule has 2 aromatic carbocycles. The summed E-state index contributed by atoms with van der Waals surface area (Å²) in [6, 6.07) is 10.1. The Morgan fingerprint density at radius 3 is 2.53 bits per heavy atom. The first-order valence-corrected chi connectivity index (χ1v) is 11.1. The zero-order valence-electron chi connectivity index (χ0n) is 18.3. The van der Waals surface area contributed by atoms with Crippen molar-refractivity contribution in [3.05, 3.63) is 82.6 Å². The maximum absolute atomic E-state index is 12.8. The summed E-state index contributed by atoms with van der Waals surface area (Å²) >= 11 is 0.113. The molecule has 32 heavy (non-hydrogen) atoms. The van der Waals surface area contributed by atoms with Gasteiger partial charge in [0.05, 0.1) is 17.8 Å². The third kappa shape index (κ3) is 4.93. The van der Waals surface area contributed by atoms with Crippen LogP contribution in [0, 0.1) is 12.8 Å². The van der Waals surface area contributed by atoms with Crippen LogP contribution < -0.4 is 10.4 Å². The van der Waals surface area contributed by atoms with Crippen molar-refractivity contribution >= 4 is 47.9 Å². The summed E-state index contributed by atoms with van der Waals surface area (Å²) in [6.07, 6.45) is 8.72. The summed E-state index contributed by atoms with van der Waals surface area (Å²) in [5.74, 6) is -0.605. The Kier molecular flexibility index (Phi) is 7.52. The summed E-state index contributed by atoms with van der Waals surface area (Å²) in [6.45, 7) is 10.3. The number of benzene rings is 2. The molecular weight excluding hydrogens is 423 g/mol. The zero-order valence-corrected chi connectivity index (χ0v) is 19.1.